The van der Waals surface area contributed by atoms with Crippen molar-refractivity contribution in [2.24, 2.45) is 5.73 Å². The van der Waals surface area contributed by atoms with Crippen LogP contribution in [0.1, 0.15) is 37.3 Å². The molecule has 0 aromatic heterocycles. The van der Waals surface area contributed by atoms with Crippen molar-refractivity contribution in [3.05, 3.63) is 35.4 Å². The summed E-state index contributed by atoms with van der Waals surface area (Å²) in [6.07, 6.45) is 4.37. The van der Waals surface area contributed by atoms with Gasteiger partial charge < -0.3 is 5.73 Å². The van der Waals surface area contributed by atoms with E-state index in [0.717, 1.165) is 25.9 Å². The van der Waals surface area contributed by atoms with E-state index >= 15 is 0 Å². The van der Waals surface area contributed by atoms with Gasteiger partial charge in [-0.05, 0) is 36.9 Å². The molecular weight excluding hydrogens is 240 g/mol. The second-order valence-electron chi connectivity index (χ2n) is 5.08. The topological polar surface area (TPSA) is 29.3 Å². The predicted octanol–water partition coefficient (Wildman–Crippen LogP) is 2.89. The first-order valence-corrected chi connectivity index (χ1v) is 7.20. The lowest BCUT2D eigenvalue weighted by atomic mass is 10.0. The minimum Gasteiger partial charge on any atom is -0.393 e. The Kier molecular flexibility index (Phi) is 4.72. The maximum absolute atomic E-state index is 5.71. The molecule has 0 saturated heterocycles. The quantitative estimate of drug-likeness (QED) is 0.846. The van der Waals surface area contributed by atoms with Crippen molar-refractivity contribution in [3.63, 3.8) is 0 Å². The Morgan fingerprint density at radius 3 is 2.78 bits per heavy atom. The van der Waals surface area contributed by atoms with Crippen LogP contribution in [-0.4, -0.2) is 22.5 Å². The Morgan fingerprint density at radius 1 is 1.39 bits per heavy atom. The van der Waals surface area contributed by atoms with Crippen LogP contribution in [0, 0.1) is 0 Å². The number of benzene rings is 1. The van der Waals surface area contributed by atoms with Crippen LogP contribution < -0.4 is 5.73 Å². The zero-order chi connectivity index (χ0) is 13.0. The van der Waals surface area contributed by atoms with Gasteiger partial charge in [-0.1, -0.05) is 43.4 Å². The molecule has 1 unspecified atom stereocenters. The van der Waals surface area contributed by atoms with Crippen LogP contribution in [-0.2, 0) is 13.0 Å². The summed E-state index contributed by atoms with van der Waals surface area (Å²) in [4.78, 5) is 3.18. The minimum absolute atomic E-state index is 0.494. The molecule has 0 radical (unpaired) electrons. The van der Waals surface area contributed by atoms with Gasteiger partial charge in [0.25, 0.3) is 0 Å². The van der Waals surface area contributed by atoms with E-state index in [0.29, 0.717) is 11.0 Å². The Balaban J connectivity index is 2.13. The third-order valence-corrected chi connectivity index (χ3v) is 3.97. The van der Waals surface area contributed by atoms with Gasteiger partial charge in [0.2, 0.25) is 0 Å². The van der Waals surface area contributed by atoms with E-state index in [1.54, 1.807) is 0 Å². The van der Waals surface area contributed by atoms with E-state index in [2.05, 4.69) is 36.1 Å². The summed E-state index contributed by atoms with van der Waals surface area (Å²) in [5.41, 5.74) is 8.69. The van der Waals surface area contributed by atoms with E-state index in [9.17, 15) is 0 Å². The average molecular weight is 262 g/mol. The Bertz CT molecular complexity index is 417. The first kappa shape index (κ1) is 13.5. The van der Waals surface area contributed by atoms with Gasteiger partial charge in [0.05, 0.1) is 4.99 Å². The van der Waals surface area contributed by atoms with Crippen LogP contribution in [0.15, 0.2) is 24.3 Å². The number of nitrogens with two attached hydrogens (primary N) is 1. The minimum atomic E-state index is 0.494. The molecule has 1 aliphatic rings. The second kappa shape index (κ2) is 6.30. The number of rotatable bonds is 4. The molecule has 1 aliphatic heterocycles. The highest BCUT2D eigenvalue weighted by atomic mass is 32.1. The van der Waals surface area contributed by atoms with Gasteiger partial charge >= 0.3 is 0 Å². The largest absolute Gasteiger partial charge is 0.393 e. The molecule has 1 aromatic rings. The van der Waals surface area contributed by atoms with Crippen molar-refractivity contribution in [2.45, 2.75) is 45.2 Å². The van der Waals surface area contributed by atoms with Crippen molar-refractivity contribution in [2.75, 3.05) is 6.54 Å². The predicted molar refractivity (Wildman–Crippen MR) is 80.7 cm³/mol. The van der Waals surface area contributed by atoms with E-state index in [-0.39, 0.29) is 0 Å². The molecule has 3 heteroatoms. The molecular formula is C15H22N2S. The molecule has 2 nitrogen and oxygen atoms in total. The van der Waals surface area contributed by atoms with Crippen LogP contribution in [0.25, 0.3) is 0 Å². The van der Waals surface area contributed by atoms with Crippen molar-refractivity contribution >= 4 is 17.2 Å². The molecule has 0 saturated carbocycles. The van der Waals surface area contributed by atoms with Gasteiger partial charge in [-0.15, -0.1) is 0 Å². The molecule has 98 valence electrons. The molecule has 0 spiro atoms. The maximum Gasteiger partial charge on any atom is 0.0743 e. The smallest absolute Gasteiger partial charge is 0.0743 e. The molecule has 0 bridgehead atoms. The standard InChI is InChI=1S/C15H22N2S/c1-2-14(10-15(16)18)17-9-5-8-12-6-3-4-7-13(12)11-17/h3-4,6-7,14H,2,5,8-11H2,1H3,(H2,16,18). The summed E-state index contributed by atoms with van der Waals surface area (Å²) in [6.45, 7) is 4.41. The van der Waals surface area contributed by atoms with Crippen molar-refractivity contribution in [3.8, 4) is 0 Å². The van der Waals surface area contributed by atoms with E-state index in [1.165, 1.54) is 24.0 Å². The zero-order valence-corrected chi connectivity index (χ0v) is 11.9. The molecule has 1 atom stereocenters. The number of hydrogen-bond donors (Lipinski definition) is 1. The summed E-state index contributed by atoms with van der Waals surface area (Å²) >= 11 is 5.07. The molecule has 1 heterocycles. The van der Waals surface area contributed by atoms with Crippen molar-refractivity contribution < 1.29 is 0 Å². The Hall–Kier alpha value is -0.930. The summed E-state index contributed by atoms with van der Waals surface area (Å²) in [7, 11) is 0. The Labute approximate surface area is 115 Å². The van der Waals surface area contributed by atoms with E-state index in [1.807, 2.05) is 0 Å². The van der Waals surface area contributed by atoms with Crippen LogP contribution in [0.2, 0.25) is 0 Å². The summed E-state index contributed by atoms with van der Waals surface area (Å²) in [5, 5.41) is 0. The zero-order valence-electron chi connectivity index (χ0n) is 11.1. The summed E-state index contributed by atoms with van der Waals surface area (Å²) in [5.74, 6) is 0. The average Bonchev–Trinajstić information content (AvgIpc) is 2.57. The van der Waals surface area contributed by atoms with Gasteiger partial charge in [0.15, 0.2) is 0 Å². The van der Waals surface area contributed by atoms with Crippen molar-refractivity contribution in [1.82, 2.24) is 4.90 Å². The molecule has 2 rings (SSSR count). The van der Waals surface area contributed by atoms with Gasteiger partial charge in [-0.2, -0.15) is 0 Å². The molecule has 0 fully saturated rings. The maximum atomic E-state index is 5.71. The van der Waals surface area contributed by atoms with E-state index in [4.69, 9.17) is 18.0 Å². The van der Waals surface area contributed by atoms with Crippen LogP contribution in [0.4, 0.5) is 0 Å². The normalized spacial score (nSPS) is 17.8. The number of hydrogen-bond acceptors (Lipinski definition) is 2. The Morgan fingerprint density at radius 2 is 2.11 bits per heavy atom. The van der Waals surface area contributed by atoms with Crippen molar-refractivity contribution in [1.29, 1.82) is 0 Å². The monoisotopic (exact) mass is 262 g/mol. The van der Waals surface area contributed by atoms with Gasteiger partial charge in [0, 0.05) is 19.0 Å². The van der Waals surface area contributed by atoms with Crippen LogP contribution in [0.5, 0.6) is 0 Å². The molecule has 2 N–H and O–H groups in total. The van der Waals surface area contributed by atoms with Crippen LogP contribution in [0.3, 0.4) is 0 Å². The summed E-state index contributed by atoms with van der Waals surface area (Å²) < 4.78 is 0. The third kappa shape index (κ3) is 3.30. The van der Waals surface area contributed by atoms with Gasteiger partial charge in [-0.25, -0.2) is 0 Å². The second-order valence-corrected chi connectivity index (χ2v) is 5.60. The third-order valence-electron chi connectivity index (χ3n) is 3.81. The SMILES string of the molecule is CCC(CC(N)=S)N1CCCc2ccccc2C1. The lowest BCUT2D eigenvalue weighted by molar-refractivity contribution is 0.189. The van der Waals surface area contributed by atoms with E-state index < -0.39 is 0 Å². The molecule has 1 aromatic carbocycles. The first-order valence-electron chi connectivity index (χ1n) is 6.80. The number of fused-ring (bicyclic) bond motifs is 1. The lowest BCUT2D eigenvalue weighted by Crippen LogP contribution is -2.37. The number of thiocarbonyl (C=S) groups is 1. The first-order chi connectivity index (χ1) is 8.70. The van der Waals surface area contributed by atoms with Gasteiger partial charge in [-0.3, -0.25) is 4.90 Å². The highest BCUT2D eigenvalue weighted by molar-refractivity contribution is 7.80. The fourth-order valence-electron chi connectivity index (χ4n) is 2.80. The van der Waals surface area contributed by atoms with Gasteiger partial charge in [0.1, 0.15) is 0 Å². The summed E-state index contributed by atoms with van der Waals surface area (Å²) in [6, 6.07) is 9.28. The fourth-order valence-corrected chi connectivity index (χ4v) is 2.99. The van der Waals surface area contributed by atoms with Crippen LogP contribution >= 0.6 is 12.2 Å². The highest BCUT2D eigenvalue weighted by Gasteiger charge is 2.21. The molecule has 18 heavy (non-hydrogen) atoms. The number of nitrogens with zero attached hydrogens (tertiary/aromatic N) is 1. The highest BCUT2D eigenvalue weighted by Crippen LogP contribution is 2.22. The lowest BCUT2D eigenvalue weighted by Gasteiger charge is -2.29. The fraction of sp³-hybridized carbons (Fsp3) is 0.533. The molecule has 0 amide bonds. The molecule has 0 aliphatic carbocycles. The number of aryl methyl sites for hydroxylation is 1.